The van der Waals surface area contributed by atoms with E-state index in [9.17, 15) is 0 Å². The van der Waals surface area contributed by atoms with Crippen LogP contribution in [0.15, 0.2) is 0 Å². The summed E-state index contributed by atoms with van der Waals surface area (Å²) in [6, 6.07) is 0. The average Bonchev–Trinajstić information content (AvgIpc) is 1.58. The van der Waals surface area contributed by atoms with Gasteiger partial charge in [0.2, 0.25) is 0 Å². The lowest BCUT2D eigenvalue weighted by Gasteiger charge is -2.17. The van der Waals surface area contributed by atoms with Gasteiger partial charge in [0.1, 0.15) is 0 Å². The number of ether oxygens (including phenoxy) is 2. The van der Waals surface area contributed by atoms with Gasteiger partial charge in [0.25, 0.3) is 0 Å². The summed E-state index contributed by atoms with van der Waals surface area (Å²) in [6.07, 6.45) is -0.956. The SMILES string of the molecule is CC(C)OC(C)OC(C)O. The van der Waals surface area contributed by atoms with E-state index >= 15 is 0 Å². The molecule has 0 aliphatic heterocycles. The normalized spacial score (nSPS) is 17.4. The van der Waals surface area contributed by atoms with Crippen molar-refractivity contribution in [2.45, 2.75) is 46.4 Å². The van der Waals surface area contributed by atoms with Gasteiger partial charge < -0.3 is 14.6 Å². The van der Waals surface area contributed by atoms with E-state index in [1.165, 1.54) is 0 Å². The summed E-state index contributed by atoms with van der Waals surface area (Å²) in [5.74, 6) is 0. The van der Waals surface area contributed by atoms with Crippen LogP contribution in [-0.4, -0.2) is 23.8 Å². The molecule has 0 spiro atoms. The first-order valence-electron chi connectivity index (χ1n) is 3.51. The Balaban J connectivity index is 3.34. The second-order valence-corrected chi connectivity index (χ2v) is 2.49. The average molecular weight is 148 g/mol. The minimum absolute atomic E-state index is 0.133. The van der Waals surface area contributed by atoms with Crippen molar-refractivity contribution >= 4 is 0 Å². The van der Waals surface area contributed by atoms with Crippen LogP contribution in [0.5, 0.6) is 0 Å². The van der Waals surface area contributed by atoms with E-state index in [0.717, 1.165) is 0 Å². The van der Waals surface area contributed by atoms with E-state index in [-0.39, 0.29) is 12.4 Å². The fourth-order valence-electron chi connectivity index (χ4n) is 0.693. The van der Waals surface area contributed by atoms with E-state index in [4.69, 9.17) is 14.6 Å². The van der Waals surface area contributed by atoms with Gasteiger partial charge in [-0.15, -0.1) is 0 Å². The molecule has 1 N–H and O–H groups in total. The fraction of sp³-hybridized carbons (Fsp3) is 1.00. The maximum atomic E-state index is 8.73. The van der Waals surface area contributed by atoms with Crippen molar-refractivity contribution in [3.63, 3.8) is 0 Å². The van der Waals surface area contributed by atoms with Gasteiger partial charge in [-0.3, -0.25) is 0 Å². The summed E-state index contributed by atoms with van der Waals surface area (Å²) in [7, 11) is 0. The summed E-state index contributed by atoms with van der Waals surface area (Å²) in [5.41, 5.74) is 0. The molecule has 2 atom stereocenters. The van der Waals surface area contributed by atoms with E-state index in [1.807, 2.05) is 13.8 Å². The third-order valence-corrected chi connectivity index (χ3v) is 0.852. The molecule has 0 bridgehead atoms. The molecule has 2 unspecified atom stereocenters. The molecular weight excluding hydrogens is 132 g/mol. The smallest absolute Gasteiger partial charge is 0.158 e. The Morgan fingerprint density at radius 3 is 1.80 bits per heavy atom. The zero-order chi connectivity index (χ0) is 8.15. The second kappa shape index (κ2) is 4.66. The quantitative estimate of drug-likeness (QED) is 0.607. The maximum absolute atomic E-state index is 8.73. The maximum Gasteiger partial charge on any atom is 0.158 e. The lowest BCUT2D eigenvalue weighted by Crippen LogP contribution is -2.22. The van der Waals surface area contributed by atoms with Crippen molar-refractivity contribution in [2.24, 2.45) is 0 Å². The summed E-state index contributed by atoms with van der Waals surface area (Å²) in [6.45, 7) is 7.15. The molecule has 10 heavy (non-hydrogen) atoms. The van der Waals surface area contributed by atoms with Gasteiger partial charge in [-0.05, 0) is 27.7 Å². The van der Waals surface area contributed by atoms with Crippen LogP contribution < -0.4 is 0 Å². The summed E-state index contributed by atoms with van der Waals surface area (Å²) >= 11 is 0. The molecule has 0 saturated heterocycles. The fourth-order valence-corrected chi connectivity index (χ4v) is 0.693. The largest absolute Gasteiger partial charge is 0.368 e. The van der Waals surface area contributed by atoms with E-state index in [1.54, 1.807) is 13.8 Å². The zero-order valence-corrected chi connectivity index (χ0v) is 7.00. The lowest BCUT2D eigenvalue weighted by molar-refractivity contribution is -0.224. The number of rotatable bonds is 4. The first-order valence-corrected chi connectivity index (χ1v) is 3.51. The first-order chi connectivity index (χ1) is 4.52. The predicted molar refractivity (Wildman–Crippen MR) is 38.4 cm³/mol. The molecule has 0 amide bonds. The Morgan fingerprint density at radius 2 is 1.50 bits per heavy atom. The summed E-state index contributed by atoms with van der Waals surface area (Å²) in [4.78, 5) is 0. The first kappa shape index (κ1) is 9.88. The van der Waals surface area contributed by atoms with Crippen molar-refractivity contribution in [2.75, 3.05) is 0 Å². The highest BCUT2D eigenvalue weighted by atomic mass is 16.7. The minimum Gasteiger partial charge on any atom is -0.368 e. The minimum atomic E-state index is -0.756. The molecule has 3 heteroatoms. The summed E-state index contributed by atoms with van der Waals surface area (Å²) < 4.78 is 10.1. The standard InChI is InChI=1S/C7H16O3/c1-5(2)9-7(4)10-6(3)8/h5-8H,1-4H3. The topological polar surface area (TPSA) is 38.7 Å². The number of aliphatic hydroxyl groups is 1. The molecule has 0 aromatic carbocycles. The second-order valence-electron chi connectivity index (χ2n) is 2.49. The molecule has 0 aliphatic carbocycles. The highest BCUT2D eigenvalue weighted by Crippen LogP contribution is 2.00. The Labute approximate surface area is 62.0 Å². The van der Waals surface area contributed by atoms with E-state index in [2.05, 4.69) is 0 Å². The molecule has 3 nitrogen and oxygen atoms in total. The third kappa shape index (κ3) is 6.01. The highest BCUT2D eigenvalue weighted by Gasteiger charge is 2.06. The Hall–Kier alpha value is -0.120. The van der Waals surface area contributed by atoms with Gasteiger partial charge >= 0.3 is 0 Å². The molecule has 0 rings (SSSR count). The number of hydrogen-bond acceptors (Lipinski definition) is 3. The number of aliphatic hydroxyl groups excluding tert-OH is 1. The molecule has 0 heterocycles. The van der Waals surface area contributed by atoms with Crippen LogP contribution in [0.3, 0.4) is 0 Å². The van der Waals surface area contributed by atoms with E-state index in [0.29, 0.717) is 0 Å². The Bertz CT molecular complexity index is 70.9. The van der Waals surface area contributed by atoms with Crippen LogP contribution in [0.2, 0.25) is 0 Å². The monoisotopic (exact) mass is 148 g/mol. The molecule has 62 valence electrons. The van der Waals surface area contributed by atoms with E-state index < -0.39 is 6.29 Å². The lowest BCUT2D eigenvalue weighted by atomic mass is 10.5. The van der Waals surface area contributed by atoms with Crippen molar-refractivity contribution in [1.82, 2.24) is 0 Å². The molecule has 0 radical (unpaired) electrons. The number of hydrogen-bond donors (Lipinski definition) is 1. The molecule has 0 saturated carbocycles. The van der Waals surface area contributed by atoms with Crippen molar-refractivity contribution in [1.29, 1.82) is 0 Å². The van der Waals surface area contributed by atoms with Crippen LogP contribution in [0.4, 0.5) is 0 Å². The van der Waals surface area contributed by atoms with Crippen LogP contribution in [0, 0.1) is 0 Å². The van der Waals surface area contributed by atoms with Crippen molar-refractivity contribution in [3.05, 3.63) is 0 Å². The van der Waals surface area contributed by atoms with Gasteiger partial charge in [0.05, 0.1) is 6.10 Å². The molecular formula is C7H16O3. The molecule has 0 aromatic heterocycles. The Morgan fingerprint density at radius 1 is 1.00 bits per heavy atom. The third-order valence-electron chi connectivity index (χ3n) is 0.852. The van der Waals surface area contributed by atoms with Crippen LogP contribution >= 0.6 is 0 Å². The van der Waals surface area contributed by atoms with Crippen LogP contribution in [0.25, 0.3) is 0 Å². The summed E-state index contributed by atoms with van der Waals surface area (Å²) in [5, 5.41) is 8.73. The molecule has 0 fully saturated rings. The van der Waals surface area contributed by atoms with Crippen LogP contribution in [-0.2, 0) is 9.47 Å². The van der Waals surface area contributed by atoms with Crippen molar-refractivity contribution < 1.29 is 14.6 Å². The molecule has 0 aromatic rings. The van der Waals surface area contributed by atoms with Crippen molar-refractivity contribution in [3.8, 4) is 0 Å². The zero-order valence-electron chi connectivity index (χ0n) is 7.00. The van der Waals surface area contributed by atoms with Gasteiger partial charge in [-0.25, -0.2) is 0 Å². The van der Waals surface area contributed by atoms with Gasteiger partial charge in [-0.2, -0.15) is 0 Å². The molecule has 0 aliphatic rings. The Kier molecular flexibility index (Phi) is 4.60. The van der Waals surface area contributed by atoms with Gasteiger partial charge in [0.15, 0.2) is 12.6 Å². The van der Waals surface area contributed by atoms with Gasteiger partial charge in [0, 0.05) is 0 Å². The van der Waals surface area contributed by atoms with Gasteiger partial charge in [-0.1, -0.05) is 0 Å². The predicted octanol–water partition coefficient (Wildman–Crippen LogP) is 1.11. The van der Waals surface area contributed by atoms with Crippen LogP contribution in [0.1, 0.15) is 27.7 Å². The highest BCUT2D eigenvalue weighted by molar-refractivity contribution is 4.38.